The van der Waals surface area contributed by atoms with Crippen molar-refractivity contribution in [2.45, 2.75) is 56.7 Å². The molecule has 9 nitrogen and oxygen atoms in total. The Morgan fingerprint density at radius 1 is 1.18 bits per heavy atom. The number of benzene rings is 1. The Kier molecular flexibility index (Phi) is 7.00. The highest BCUT2D eigenvalue weighted by atomic mass is 19.1. The lowest BCUT2D eigenvalue weighted by molar-refractivity contribution is 0.0131. The molecule has 0 radical (unpaired) electrons. The van der Waals surface area contributed by atoms with Crippen LogP contribution in [0, 0.1) is 5.82 Å². The van der Waals surface area contributed by atoms with Crippen molar-refractivity contribution in [3.63, 3.8) is 0 Å². The number of anilines is 1. The van der Waals surface area contributed by atoms with E-state index in [9.17, 15) is 9.90 Å². The van der Waals surface area contributed by atoms with Crippen LogP contribution in [0.15, 0.2) is 42.6 Å². The van der Waals surface area contributed by atoms with Gasteiger partial charge < -0.3 is 24.4 Å². The van der Waals surface area contributed by atoms with Gasteiger partial charge in [0, 0.05) is 56.0 Å². The number of allylic oxidation sites excluding steroid dienone is 2. The van der Waals surface area contributed by atoms with Gasteiger partial charge in [0.05, 0.1) is 5.69 Å². The maximum atomic E-state index is 15.3. The predicted molar refractivity (Wildman–Crippen MR) is 147 cm³/mol. The first-order valence-corrected chi connectivity index (χ1v) is 13.2. The van der Waals surface area contributed by atoms with Crippen molar-refractivity contribution in [2.24, 2.45) is 0 Å². The molecule has 2 bridgehead atoms. The van der Waals surface area contributed by atoms with Gasteiger partial charge in [-0.15, -0.1) is 10.2 Å². The molecule has 1 unspecified atom stereocenters. The highest BCUT2D eigenvalue weighted by Crippen LogP contribution is 2.51. The molecule has 0 aliphatic carbocycles. The lowest BCUT2D eigenvalue weighted by Gasteiger charge is -2.51. The van der Waals surface area contributed by atoms with Gasteiger partial charge in [-0.05, 0) is 81.6 Å². The molecular weight excluding hydrogens is 501 g/mol. The number of likely N-dealkylation sites (N-methyl/N-ethyl adjacent to an activating group) is 1. The number of amides is 1. The quantitative estimate of drug-likeness (QED) is 0.494. The maximum absolute atomic E-state index is 15.3. The fraction of sp³-hybridized carbons (Fsp3) is 0.483. The summed E-state index contributed by atoms with van der Waals surface area (Å²) in [5.74, 6) is 0.757. The van der Waals surface area contributed by atoms with Crippen LogP contribution in [0.5, 0.6) is 5.75 Å². The molecule has 1 N–H and O–H groups in total. The van der Waals surface area contributed by atoms with Crippen molar-refractivity contribution in [2.75, 3.05) is 39.4 Å². The largest absolute Gasteiger partial charge is 0.467 e. The van der Waals surface area contributed by atoms with Crippen LogP contribution in [0.1, 0.15) is 45.1 Å². The van der Waals surface area contributed by atoms with E-state index in [1.807, 2.05) is 63.3 Å². The summed E-state index contributed by atoms with van der Waals surface area (Å²) < 4.78 is 26.3. The molecule has 4 heterocycles. The van der Waals surface area contributed by atoms with Gasteiger partial charge in [0.1, 0.15) is 11.6 Å². The molecule has 2 fully saturated rings. The number of methoxy groups -OCH3 is 1. The Hall–Kier alpha value is -3.66. The minimum Gasteiger partial charge on any atom is -0.467 e. The number of carbonyl (C=O) groups is 1. The third-order valence-corrected chi connectivity index (χ3v) is 8.48. The van der Waals surface area contributed by atoms with Crippen LogP contribution in [0.4, 0.5) is 15.0 Å². The lowest BCUT2D eigenvalue weighted by Crippen LogP contribution is -2.62. The van der Waals surface area contributed by atoms with Crippen LogP contribution in [0.3, 0.4) is 0 Å². The first kappa shape index (κ1) is 26.9. The average Bonchev–Trinajstić information content (AvgIpc) is 3.08. The molecule has 10 heteroatoms. The highest BCUT2D eigenvalue weighted by molar-refractivity contribution is 5.79. The number of hydrogen-bond acceptors (Lipinski definition) is 7. The van der Waals surface area contributed by atoms with E-state index in [0.717, 1.165) is 31.3 Å². The third kappa shape index (κ3) is 4.93. The Labute approximate surface area is 228 Å². The minimum absolute atomic E-state index is 0.0104. The zero-order valence-electron chi connectivity index (χ0n) is 23.1. The van der Waals surface area contributed by atoms with E-state index in [1.54, 1.807) is 11.0 Å². The smallest absolute Gasteiger partial charge is 0.408 e. The van der Waals surface area contributed by atoms with E-state index in [2.05, 4.69) is 15.1 Å². The molecule has 2 saturated heterocycles. The number of nitrogens with zero attached hydrogens (tertiary/aromatic N) is 5. The van der Waals surface area contributed by atoms with E-state index in [0.29, 0.717) is 34.9 Å². The molecule has 3 atom stereocenters. The number of halogens is 1. The fourth-order valence-corrected chi connectivity index (χ4v) is 6.46. The second kappa shape index (κ2) is 10.1. The summed E-state index contributed by atoms with van der Waals surface area (Å²) in [7, 11) is 5.46. The van der Waals surface area contributed by atoms with Crippen molar-refractivity contribution >= 4 is 17.5 Å². The van der Waals surface area contributed by atoms with Crippen molar-refractivity contribution in [1.82, 2.24) is 20.0 Å². The van der Waals surface area contributed by atoms with E-state index in [1.165, 1.54) is 13.2 Å². The highest BCUT2D eigenvalue weighted by Gasteiger charge is 2.58. The second-order valence-electron chi connectivity index (χ2n) is 11.4. The van der Waals surface area contributed by atoms with Crippen LogP contribution < -0.4 is 9.64 Å². The van der Waals surface area contributed by atoms with Gasteiger partial charge in [-0.25, -0.2) is 9.18 Å². The predicted octanol–water partition coefficient (Wildman–Crippen LogP) is 5.00. The normalized spacial score (nSPS) is 26.0. The zero-order chi connectivity index (χ0) is 27.9. The number of fused-ring (bicyclic) bond motifs is 2. The summed E-state index contributed by atoms with van der Waals surface area (Å²) in [6.45, 7) is 4.78. The molecule has 0 spiro atoms. The average molecular weight is 538 g/mol. The van der Waals surface area contributed by atoms with Crippen LogP contribution in [0.25, 0.3) is 16.8 Å². The van der Waals surface area contributed by atoms with Crippen molar-refractivity contribution in [3.8, 4) is 17.0 Å². The standard InChI is InChI=1S/C29H36FN5O4/c1-28-10-11-29(2,35(28)27(36)37)17-20(16-28)34(4)26-7-6-24(31-32-26)22-14-23(30)21(15-25(22)39-18-38-5)19-8-12-33(3)13-9-19/h6-9,12,14-15,20H,10-11,13,16-18H2,1-5H3,(H,36,37)/t20?,28-,29+. The zero-order valence-corrected chi connectivity index (χ0v) is 23.1. The summed E-state index contributed by atoms with van der Waals surface area (Å²) in [4.78, 5) is 17.8. The molecule has 1 amide bonds. The molecular formula is C29H36FN5O4. The van der Waals surface area contributed by atoms with Gasteiger partial charge in [0.15, 0.2) is 12.6 Å². The monoisotopic (exact) mass is 537 g/mol. The van der Waals surface area contributed by atoms with Crippen LogP contribution in [-0.4, -0.2) is 82.9 Å². The van der Waals surface area contributed by atoms with Gasteiger partial charge in [-0.3, -0.25) is 4.90 Å². The number of hydrogen-bond donors (Lipinski definition) is 1. The number of rotatable bonds is 7. The summed E-state index contributed by atoms with van der Waals surface area (Å²) in [6.07, 6.45) is 8.04. The van der Waals surface area contributed by atoms with Crippen LogP contribution in [-0.2, 0) is 4.74 Å². The molecule has 3 aliphatic rings. The van der Waals surface area contributed by atoms with Gasteiger partial charge in [0.2, 0.25) is 0 Å². The molecule has 1 aromatic heterocycles. The van der Waals surface area contributed by atoms with Crippen molar-refractivity contribution in [1.29, 1.82) is 0 Å². The van der Waals surface area contributed by atoms with Gasteiger partial charge in [0.25, 0.3) is 0 Å². The van der Waals surface area contributed by atoms with E-state index >= 15 is 4.39 Å². The molecule has 1 aromatic carbocycles. The van der Waals surface area contributed by atoms with Crippen molar-refractivity contribution < 1.29 is 23.8 Å². The van der Waals surface area contributed by atoms with E-state index in [4.69, 9.17) is 9.47 Å². The van der Waals surface area contributed by atoms with Gasteiger partial charge in [-0.1, -0.05) is 6.08 Å². The fourth-order valence-electron chi connectivity index (χ4n) is 6.46. The van der Waals surface area contributed by atoms with Crippen molar-refractivity contribution in [3.05, 3.63) is 54.0 Å². The first-order valence-electron chi connectivity index (χ1n) is 13.2. The Bertz CT molecular complexity index is 1300. The Balaban J connectivity index is 1.40. The van der Waals surface area contributed by atoms with Gasteiger partial charge in [-0.2, -0.15) is 0 Å². The lowest BCUT2D eigenvalue weighted by atomic mass is 9.82. The number of aromatic nitrogens is 2. The molecule has 39 heavy (non-hydrogen) atoms. The topological polar surface area (TPSA) is 91.3 Å². The van der Waals surface area contributed by atoms with Gasteiger partial charge >= 0.3 is 6.09 Å². The summed E-state index contributed by atoms with van der Waals surface area (Å²) in [5, 5.41) is 18.8. The van der Waals surface area contributed by atoms with Crippen LogP contribution >= 0.6 is 0 Å². The Morgan fingerprint density at radius 2 is 1.90 bits per heavy atom. The summed E-state index contributed by atoms with van der Waals surface area (Å²) in [5.41, 5.74) is 1.39. The molecule has 208 valence electrons. The SMILES string of the molecule is COCOc1cc(C2=CCN(C)C=C2)c(F)cc1-c1ccc(N(C)C2C[C@]3(C)CC[C@](C)(C2)N3C(=O)O)nn1. The van der Waals surface area contributed by atoms with Crippen LogP contribution in [0.2, 0.25) is 0 Å². The number of ether oxygens (including phenoxy) is 2. The Morgan fingerprint density at radius 3 is 2.46 bits per heavy atom. The van der Waals surface area contributed by atoms with E-state index < -0.39 is 17.2 Å². The number of piperidine rings is 1. The summed E-state index contributed by atoms with van der Waals surface area (Å²) >= 11 is 0. The minimum atomic E-state index is -0.851. The summed E-state index contributed by atoms with van der Waals surface area (Å²) in [6, 6.07) is 6.91. The molecule has 0 saturated carbocycles. The maximum Gasteiger partial charge on any atom is 0.408 e. The molecule has 5 rings (SSSR count). The molecule has 2 aromatic rings. The second-order valence-corrected chi connectivity index (χ2v) is 11.4. The first-order chi connectivity index (χ1) is 18.5. The molecule has 3 aliphatic heterocycles. The number of carboxylic acid groups (broad SMARTS) is 1. The third-order valence-electron chi connectivity index (χ3n) is 8.48. The van der Waals surface area contributed by atoms with E-state index in [-0.39, 0.29) is 18.7 Å².